The molecule has 0 aliphatic carbocycles. The van der Waals surface area contributed by atoms with E-state index in [4.69, 9.17) is 5.26 Å². The molecule has 0 heterocycles. The highest BCUT2D eigenvalue weighted by Crippen LogP contribution is 2.21. The summed E-state index contributed by atoms with van der Waals surface area (Å²) in [6.07, 6.45) is -5.73. The Kier molecular flexibility index (Phi) is 5.70. The van der Waals surface area contributed by atoms with Gasteiger partial charge in [-0.15, -0.1) is 0 Å². The minimum Gasteiger partial charge on any atom is -0.337 e. The smallest absolute Gasteiger partial charge is 0.337 e. The minimum atomic E-state index is -4.42. The molecule has 0 unspecified atom stereocenters. The summed E-state index contributed by atoms with van der Waals surface area (Å²) in [4.78, 5) is 13.0. The van der Waals surface area contributed by atoms with E-state index in [-0.39, 0.29) is 18.5 Å². The van der Waals surface area contributed by atoms with Gasteiger partial charge in [-0.2, -0.15) is 18.4 Å². The van der Waals surface area contributed by atoms with Crippen LogP contribution < -0.4 is 0 Å². The molecule has 114 valence electrons. The van der Waals surface area contributed by atoms with Crippen molar-refractivity contribution in [3.63, 3.8) is 0 Å². The number of benzene rings is 1. The summed E-state index contributed by atoms with van der Waals surface area (Å²) in [7, 11) is 0. The fourth-order valence-corrected chi connectivity index (χ4v) is 1.73. The molecule has 0 aliphatic rings. The fraction of sp³-hybridized carbons (Fsp3) is 0.429. The number of nitrogens with zero attached hydrogens (tertiary/aromatic N) is 2. The lowest BCUT2D eigenvalue weighted by atomic mass is 10.1. The third-order valence-corrected chi connectivity index (χ3v) is 2.80. The molecule has 0 atom stereocenters. The van der Waals surface area contributed by atoms with Crippen LogP contribution in [0.3, 0.4) is 0 Å². The summed E-state index contributed by atoms with van der Waals surface area (Å²) >= 11 is 0. The van der Waals surface area contributed by atoms with E-state index in [1.165, 1.54) is 12.1 Å². The molecule has 7 heteroatoms. The van der Waals surface area contributed by atoms with Gasteiger partial charge in [0.1, 0.15) is 5.82 Å². The topological polar surface area (TPSA) is 44.1 Å². The van der Waals surface area contributed by atoms with Crippen molar-refractivity contribution in [2.24, 2.45) is 0 Å². The normalized spacial score (nSPS) is 11.0. The zero-order chi connectivity index (χ0) is 16.0. The van der Waals surface area contributed by atoms with E-state index in [0.717, 1.165) is 11.0 Å². The van der Waals surface area contributed by atoms with Gasteiger partial charge in [-0.05, 0) is 24.6 Å². The number of halogens is 4. The Bertz CT molecular complexity index is 549. The average molecular weight is 302 g/mol. The van der Waals surface area contributed by atoms with E-state index in [2.05, 4.69) is 0 Å². The van der Waals surface area contributed by atoms with Crippen molar-refractivity contribution >= 4 is 5.91 Å². The Balaban J connectivity index is 2.91. The number of amides is 1. The van der Waals surface area contributed by atoms with Crippen molar-refractivity contribution in [3.05, 3.63) is 35.1 Å². The molecular weight excluding hydrogens is 288 g/mol. The highest BCUT2D eigenvalue weighted by atomic mass is 19.4. The van der Waals surface area contributed by atoms with Crippen LogP contribution in [-0.2, 0) is 0 Å². The first kappa shape index (κ1) is 17.0. The second-order valence-electron chi connectivity index (χ2n) is 4.55. The van der Waals surface area contributed by atoms with Crippen molar-refractivity contribution in [1.82, 2.24) is 4.90 Å². The van der Waals surface area contributed by atoms with Crippen LogP contribution in [0.2, 0.25) is 0 Å². The van der Waals surface area contributed by atoms with Gasteiger partial charge in [-0.3, -0.25) is 4.79 Å². The fourth-order valence-electron chi connectivity index (χ4n) is 1.73. The van der Waals surface area contributed by atoms with Crippen molar-refractivity contribution in [1.29, 1.82) is 5.26 Å². The van der Waals surface area contributed by atoms with Crippen molar-refractivity contribution < 1.29 is 22.4 Å². The Morgan fingerprint density at radius 1 is 1.33 bits per heavy atom. The molecule has 0 aromatic heterocycles. The largest absolute Gasteiger partial charge is 0.390 e. The van der Waals surface area contributed by atoms with E-state index in [1.807, 2.05) is 0 Å². The number of hydrogen-bond donors (Lipinski definition) is 0. The molecular formula is C14H14F4N2O. The van der Waals surface area contributed by atoms with Crippen molar-refractivity contribution in [2.75, 3.05) is 13.1 Å². The summed E-state index contributed by atoms with van der Waals surface area (Å²) in [5.74, 6) is -1.62. The number of nitriles is 1. The van der Waals surface area contributed by atoms with Crippen molar-refractivity contribution in [3.8, 4) is 6.07 Å². The van der Waals surface area contributed by atoms with Crippen LogP contribution in [0.4, 0.5) is 17.6 Å². The molecule has 0 saturated heterocycles. The van der Waals surface area contributed by atoms with Gasteiger partial charge in [0, 0.05) is 13.1 Å². The van der Waals surface area contributed by atoms with E-state index >= 15 is 0 Å². The second-order valence-corrected chi connectivity index (χ2v) is 4.55. The Hall–Kier alpha value is -2.10. The molecule has 0 fully saturated rings. The molecule has 0 N–H and O–H groups in total. The van der Waals surface area contributed by atoms with Crippen LogP contribution in [0.15, 0.2) is 18.2 Å². The molecule has 1 aromatic carbocycles. The molecule has 0 radical (unpaired) electrons. The molecule has 1 rings (SSSR count). The SMILES string of the molecule is Cc1ccc(C(=O)N(CCC#N)CCC(F)(F)F)c(F)c1. The number of rotatable bonds is 5. The van der Waals surface area contributed by atoms with Gasteiger partial charge in [-0.25, -0.2) is 4.39 Å². The summed E-state index contributed by atoms with van der Waals surface area (Å²) in [5, 5.41) is 8.50. The standard InChI is InChI=1S/C14H14F4N2O/c1-10-3-4-11(12(15)9-10)13(21)20(7-2-6-19)8-5-14(16,17)18/h3-4,9H,2,5,7-8H2,1H3. The lowest BCUT2D eigenvalue weighted by Crippen LogP contribution is -2.35. The maximum absolute atomic E-state index is 13.7. The summed E-state index contributed by atoms with van der Waals surface area (Å²) in [5.41, 5.74) is 0.309. The van der Waals surface area contributed by atoms with Crippen LogP contribution in [0.5, 0.6) is 0 Å². The highest BCUT2D eigenvalue weighted by molar-refractivity contribution is 5.94. The first-order valence-electron chi connectivity index (χ1n) is 6.23. The molecule has 0 bridgehead atoms. The maximum atomic E-state index is 13.7. The Morgan fingerprint density at radius 3 is 2.52 bits per heavy atom. The van der Waals surface area contributed by atoms with Gasteiger partial charge in [0.2, 0.25) is 0 Å². The Labute approximate surface area is 119 Å². The lowest BCUT2D eigenvalue weighted by molar-refractivity contribution is -0.136. The van der Waals surface area contributed by atoms with Crippen LogP contribution in [0, 0.1) is 24.1 Å². The van der Waals surface area contributed by atoms with E-state index < -0.39 is 30.9 Å². The van der Waals surface area contributed by atoms with E-state index in [1.54, 1.807) is 13.0 Å². The van der Waals surface area contributed by atoms with Crippen LogP contribution >= 0.6 is 0 Å². The number of carbonyl (C=O) groups is 1. The van der Waals surface area contributed by atoms with E-state index in [9.17, 15) is 22.4 Å². The van der Waals surface area contributed by atoms with Crippen LogP contribution in [-0.4, -0.2) is 30.1 Å². The first-order valence-corrected chi connectivity index (χ1v) is 6.23. The third kappa shape index (κ3) is 5.42. The number of alkyl halides is 3. The summed E-state index contributed by atoms with van der Waals surface area (Å²) in [6, 6.07) is 5.63. The van der Waals surface area contributed by atoms with Gasteiger partial charge in [-0.1, -0.05) is 6.07 Å². The van der Waals surface area contributed by atoms with Crippen molar-refractivity contribution in [2.45, 2.75) is 25.9 Å². The van der Waals surface area contributed by atoms with Crippen LogP contribution in [0.1, 0.15) is 28.8 Å². The minimum absolute atomic E-state index is 0.114. The molecule has 0 spiro atoms. The number of carbonyl (C=O) groups excluding carboxylic acids is 1. The van der Waals surface area contributed by atoms with Gasteiger partial charge >= 0.3 is 6.18 Å². The van der Waals surface area contributed by atoms with Gasteiger partial charge in [0.15, 0.2) is 0 Å². The summed E-state index contributed by atoms with van der Waals surface area (Å²) < 4.78 is 50.5. The van der Waals surface area contributed by atoms with E-state index in [0.29, 0.717) is 5.56 Å². The lowest BCUT2D eigenvalue weighted by Gasteiger charge is -2.22. The number of hydrogen-bond acceptors (Lipinski definition) is 2. The third-order valence-electron chi connectivity index (χ3n) is 2.80. The zero-order valence-electron chi connectivity index (χ0n) is 11.4. The molecule has 1 aromatic rings. The second kappa shape index (κ2) is 7.07. The molecule has 0 aliphatic heterocycles. The predicted octanol–water partition coefficient (Wildman–Crippen LogP) is 3.44. The zero-order valence-corrected chi connectivity index (χ0v) is 11.4. The van der Waals surface area contributed by atoms with Crippen LogP contribution in [0.25, 0.3) is 0 Å². The highest BCUT2D eigenvalue weighted by Gasteiger charge is 2.29. The molecule has 21 heavy (non-hydrogen) atoms. The monoisotopic (exact) mass is 302 g/mol. The van der Waals surface area contributed by atoms with Gasteiger partial charge < -0.3 is 4.90 Å². The summed E-state index contributed by atoms with van der Waals surface area (Å²) in [6.45, 7) is 0.866. The van der Waals surface area contributed by atoms with Gasteiger partial charge in [0.25, 0.3) is 5.91 Å². The molecule has 0 saturated carbocycles. The number of aryl methyl sites for hydroxylation is 1. The quantitative estimate of drug-likeness (QED) is 0.782. The van der Waals surface area contributed by atoms with Gasteiger partial charge in [0.05, 0.1) is 24.5 Å². The predicted molar refractivity (Wildman–Crippen MR) is 67.9 cm³/mol. The average Bonchev–Trinajstić information content (AvgIpc) is 2.37. The molecule has 3 nitrogen and oxygen atoms in total. The Morgan fingerprint density at radius 2 is 2.00 bits per heavy atom. The maximum Gasteiger partial charge on any atom is 0.390 e. The first-order chi connectivity index (χ1) is 9.74. The molecule has 1 amide bonds.